The molecule has 0 saturated heterocycles. The van der Waals surface area contributed by atoms with Crippen molar-refractivity contribution in [3.8, 4) is 0 Å². The van der Waals surface area contributed by atoms with Gasteiger partial charge >= 0.3 is 0 Å². The van der Waals surface area contributed by atoms with Crippen molar-refractivity contribution in [2.45, 2.75) is 29.6 Å². The molecule has 0 aromatic heterocycles. The molecule has 3 heteroatoms. The molecule has 96 valence electrons. The van der Waals surface area contributed by atoms with Gasteiger partial charge < -0.3 is 0 Å². The zero-order valence-electron chi connectivity index (χ0n) is 10.8. The Morgan fingerprint density at radius 2 is 1.68 bits per heavy atom. The zero-order chi connectivity index (χ0) is 13.6. The Balaban J connectivity index is 2.24. The maximum atomic E-state index is 12.6. The van der Waals surface area contributed by atoms with Crippen LogP contribution in [0.15, 0.2) is 52.3 Å². The molecular formula is C16H14OS2. The second kappa shape index (κ2) is 4.66. The van der Waals surface area contributed by atoms with Crippen LogP contribution in [0.1, 0.15) is 41.3 Å². The first-order valence-corrected chi connectivity index (χ1v) is 8.44. The number of ketones is 1. The van der Waals surface area contributed by atoms with Crippen molar-refractivity contribution in [3.63, 3.8) is 0 Å². The molecule has 0 fully saturated rings. The quantitative estimate of drug-likeness (QED) is 0.676. The van der Waals surface area contributed by atoms with Gasteiger partial charge in [0, 0.05) is 20.9 Å². The van der Waals surface area contributed by atoms with Gasteiger partial charge in [-0.25, -0.2) is 0 Å². The SMILES string of the molecule is CC(C)c1ccc2c(c1)C(=O)c1ccccc1S2=S. The fraction of sp³-hybridized carbons (Fsp3) is 0.188. The van der Waals surface area contributed by atoms with E-state index in [4.69, 9.17) is 11.2 Å². The monoisotopic (exact) mass is 286 g/mol. The standard InChI is InChI=1S/C16H14OS2/c1-10(2)11-7-8-15-13(9-11)16(17)12-5-3-4-6-14(12)19(15)18/h3-10H,1-2H3. The highest BCUT2D eigenvalue weighted by molar-refractivity contribution is 8.29. The number of hydrogen-bond donors (Lipinski definition) is 0. The van der Waals surface area contributed by atoms with Crippen LogP contribution in [0.25, 0.3) is 0 Å². The molecule has 1 unspecified atom stereocenters. The molecule has 0 bridgehead atoms. The van der Waals surface area contributed by atoms with E-state index in [0.29, 0.717) is 5.92 Å². The third kappa shape index (κ3) is 1.97. The van der Waals surface area contributed by atoms with Gasteiger partial charge in [-0.3, -0.25) is 4.79 Å². The molecule has 0 spiro atoms. The van der Waals surface area contributed by atoms with Crippen molar-refractivity contribution in [3.05, 3.63) is 59.2 Å². The van der Waals surface area contributed by atoms with E-state index in [-0.39, 0.29) is 5.78 Å². The minimum Gasteiger partial charge on any atom is -0.289 e. The van der Waals surface area contributed by atoms with Gasteiger partial charge in [0.25, 0.3) is 0 Å². The molecular weight excluding hydrogens is 272 g/mol. The van der Waals surface area contributed by atoms with Gasteiger partial charge in [0.05, 0.1) is 0 Å². The predicted molar refractivity (Wildman–Crippen MR) is 81.7 cm³/mol. The second-order valence-corrected chi connectivity index (χ2v) is 7.42. The molecule has 0 amide bonds. The number of benzene rings is 2. The fourth-order valence-electron chi connectivity index (χ4n) is 2.33. The summed E-state index contributed by atoms with van der Waals surface area (Å²) < 4.78 is 0. The van der Waals surface area contributed by atoms with Gasteiger partial charge in [-0.1, -0.05) is 41.5 Å². The van der Waals surface area contributed by atoms with Gasteiger partial charge in [0.15, 0.2) is 5.78 Å². The molecule has 1 heterocycles. The topological polar surface area (TPSA) is 17.1 Å². The highest BCUT2D eigenvalue weighted by Gasteiger charge is 2.26. The van der Waals surface area contributed by atoms with E-state index < -0.39 is 9.45 Å². The molecule has 1 nitrogen and oxygen atoms in total. The smallest absolute Gasteiger partial charge is 0.195 e. The minimum absolute atomic E-state index is 0.113. The Labute approximate surface area is 120 Å². The molecule has 1 atom stereocenters. The summed E-state index contributed by atoms with van der Waals surface area (Å²) in [5, 5.41) is 0. The second-order valence-electron chi connectivity index (χ2n) is 5.00. The summed E-state index contributed by atoms with van der Waals surface area (Å²) in [6.07, 6.45) is 0. The molecule has 1 aliphatic heterocycles. The van der Waals surface area contributed by atoms with Crippen molar-refractivity contribution in [1.29, 1.82) is 0 Å². The Morgan fingerprint density at radius 1 is 1.00 bits per heavy atom. The number of hydrogen-bond acceptors (Lipinski definition) is 2. The van der Waals surface area contributed by atoms with Gasteiger partial charge in [-0.2, -0.15) is 0 Å². The van der Waals surface area contributed by atoms with Gasteiger partial charge in [0.1, 0.15) is 0 Å². The van der Waals surface area contributed by atoms with Crippen molar-refractivity contribution in [1.82, 2.24) is 0 Å². The summed E-state index contributed by atoms with van der Waals surface area (Å²) >= 11 is 5.64. The summed E-state index contributed by atoms with van der Waals surface area (Å²) in [7, 11) is -0.420. The summed E-state index contributed by atoms with van der Waals surface area (Å²) in [4.78, 5) is 14.6. The molecule has 0 radical (unpaired) electrons. The third-order valence-electron chi connectivity index (χ3n) is 3.45. The van der Waals surface area contributed by atoms with Gasteiger partial charge in [0.2, 0.25) is 0 Å². The third-order valence-corrected chi connectivity index (χ3v) is 6.03. The number of carbonyl (C=O) groups excluding carboxylic acids is 1. The van der Waals surface area contributed by atoms with E-state index in [1.807, 2.05) is 36.4 Å². The maximum Gasteiger partial charge on any atom is 0.195 e. The summed E-state index contributed by atoms with van der Waals surface area (Å²) in [6, 6.07) is 13.9. The van der Waals surface area contributed by atoms with Crippen LogP contribution in [0.4, 0.5) is 0 Å². The lowest BCUT2D eigenvalue weighted by Crippen LogP contribution is -2.16. The summed E-state index contributed by atoms with van der Waals surface area (Å²) in [6.45, 7) is 4.27. The Hall–Kier alpha value is -1.32. The lowest BCUT2D eigenvalue weighted by atomic mass is 9.96. The Kier molecular flexibility index (Phi) is 3.11. The normalized spacial score (nSPS) is 17.2. The van der Waals surface area contributed by atoms with Crippen LogP contribution in [0, 0.1) is 0 Å². The molecule has 0 aliphatic carbocycles. The minimum atomic E-state index is -0.420. The predicted octanol–water partition coefficient (Wildman–Crippen LogP) is 3.85. The van der Waals surface area contributed by atoms with E-state index in [9.17, 15) is 4.79 Å². The van der Waals surface area contributed by atoms with Crippen LogP contribution in [0.2, 0.25) is 0 Å². The highest BCUT2D eigenvalue weighted by Crippen LogP contribution is 2.33. The fourth-order valence-corrected chi connectivity index (χ4v) is 4.54. The van der Waals surface area contributed by atoms with Crippen LogP contribution in [-0.4, -0.2) is 5.78 Å². The maximum absolute atomic E-state index is 12.6. The van der Waals surface area contributed by atoms with Crippen molar-refractivity contribution in [2.75, 3.05) is 0 Å². The first kappa shape index (κ1) is 12.7. The van der Waals surface area contributed by atoms with Crippen molar-refractivity contribution in [2.24, 2.45) is 0 Å². The molecule has 3 rings (SSSR count). The van der Waals surface area contributed by atoms with Crippen molar-refractivity contribution >= 4 is 26.4 Å². The lowest BCUT2D eigenvalue weighted by molar-refractivity contribution is 0.103. The van der Waals surface area contributed by atoms with Crippen LogP contribution < -0.4 is 0 Å². The lowest BCUT2D eigenvalue weighted by Gasteiger charge is -2.21. The summed E-state index contributed by atoms with van der Waals surface area (Å²) in [5.41, 5.74) is 2.76. The number of fused-ring (bicyclic) bond motifs is 2. The number of carbonyl (C=O) groups is 1. The first-order chi connectivity index (χ1) is 9.09. The van der Waals surface area contributed by atoms with Crippen LogP contribution >= 0.6 is 0 Å². The van der Waals surface area contributed by atoms with E-state index in [0.717, 1.165) is 20.9 Å². The molecule has 0 saturated carbocycles. The Bertz CT molecular complexity index is 702. The average molecular weight is 286 g/mol. The molecule has 2 aromatic rings. The van der Waals surface area contributed by atoms with Crippen molar-refractivity contribution < 1.29 is 4.79 Å². The van der Waals surface area contributed by atoms with Gasteiger partial charge in [-0.05, 0) is 46.9 Å². The molecule has 19 heavy (non-hydrogen) atoms. The first-order valence-electron chi connectivity index (χ1n) is 6.29. The zero-order valence-corrected chi connectivity index (χ0v) is 12.5. The van der Waals surface area contributed by atoms with E-state index >= 15 is 0 Å². The molecule has 0 N–H and O–H groups in total. The van der Waals surface area contributed by atoms with Crippen LogP contribution in [0.3, 0.4) is 0 Å². The Morgan fingerprint density at radius 3 is 2.42 bits per heavy atom. The van der Waals surface area contributed by atoms with E-state index in [1.54, 1.807) is 0 Å². The average Bonchev–Trinajstić information content (AvgIpc) is 2.44. The molecule has 2 aromatic carbocycles. The van der Waals surface area contributed by atoms with Crippen LogP contribution in [-0.2, 0) is 20.6 Å². The largest absolute Gasteiger partial charge is 0.289 e. The van der Waals surface area contributed by atoms with E-state index in [1.165, 1.54) is 5.56 Å². The van der Waals surface area contributed by atoms with E-state index in [2.05, 4.69) is 19.9 Å². The van der Waals surface area contributed by atoms with Gasteiger partial charge in [-0.15, -0.1) is 0 Å². The molecule has 1 aliphatic rings. The van der Waals surface area contributed by atoms with Crippen LogP contribution in [0.5, 0.6) is 0 Å². The highest BCUT2D eigenvalue weighted by atomic mass is 32.8. The number of rotatable bonds is 1. The summed E-state index contributed by atoms with van der Waals surface area (Å²) in [5.74, 6) is 0.531.